The first-order valence-electron chi connectivity index (χ1n) is 4.45. The molecule has 0 fully saturated rings. The van der Waals surface area contributed by atoms with E-state index in [1.165, 1.54) is 7.11 Å². The maximum Gasteiger partial charge on any atom is 0.129 e. The van der Waals surface area contributed by atoms with Crippen molar-refractivity contribution in [1.29, 1.82) is 0 Å². The normalized spacial score (nSPS) is 9.93. The van der Waals surface area contributed by atoms with Gasteiger partial charge in [-0.1, -0.05) is 0 Å². The van der Waals surface area contributed by atoms with E-state index in [0.29, 0.717) is 29.7 Å². The number of rotatable bonds is 4. The Balaban J connectivity index is 3.00. The van der Waals surface area contributed by atoms with Crippen LogP contribution in [0.3, 0.4) is 0 Å². The molecule has 14 heavy (non-hydrogen) atoms. The molecule has 0 saturated carbocycles. The van der Waals surface area contributed by atoms with Crippen LogP contribution < -0.4 is 4.74 Å². The van der Waals surface area contributed by atoms with Crippen LogP contribution in [0, 0.1) is 12.7 Å². The number of carbonyl (C=O) groups excluding carboxylic acids is 1. The molecule has 0 atom stereocenters. The highest BCUT2D eigenvalue weighted by atomic mass is 19.1. The monoisotopic (exact) mass is 196 g/mol. The van der Waals surface area contributed by atoms with Crippen LogP contribution in [0.1, 0.15) is 17.5 Å². The molecule has 0 spiro atoms. The molecule has 0 radical (unpaired) electrons. The van der Waals surface area contributed by atoms with Crippen LogP contribution in [-0.4, -0.2) is 13.4 Å². The van der Waals surface area contributed by atoms with Crippen LogP contribution in [-0.2, 0) is 11.2 Å². The summed E-state index contributed by atoms with van der Waals surface area (Å²) in [7, 11) is 1.54. The van der Waals surface area contributed by atoms with E-state index in [1.807, 2.05) is 0 Å². The number of aldehydes is 1. The van der Waals surface area contributed by atoms with E-state index in [1.54, 1.807) is 19.1 Å². The number of hydrogen-bond acceptors (Lipinski definition) is 2. The molecule has 0 N–H and O–H groups in total. The molecule has 1 aromatic carbocycles. The summed E-state index contributed by atoms with van der Waals surface area (Å²) in [4.78, 5) is 10.2. The summed E-state index contributed by atoms with van der Waals surface area (Å²) in [5, 5.41) is 0. The second-order valence-electron chi connectivity index (χ2n) is 3.12. The molecule has 2 nitrogen and oxygen atoms in total. The molecule has 0 aliphatic carbocycles. The van der Waals surface area contributed by atoms with Gasteiger partial charge in [-0.25, -0.2) is 4.39 Å². The Morgan fingerprint density at radius 3 is 2.79 bits per heavy atom. The van der Waals surface area contributed by atoms with Gasteiger partial charge in [-0.05, 0) is 36.6 Å². The lowest BCUT2D eigenvalue weighted by Crippen LogP contribution is -1.96. The zero-order valence-electron chi connectivity index (χ0n) is 8.34. The highest BCUT2D eigenvalue weighted by molar-refractivity contribution is 5.50. The first-order valence-corrected chi connectivity index (χ1v) is 4.45. The molecule has 76 valence electrons. The molecule has 1 aromatic rings. The van der Waals surface area contributed by atoms with E-state index >= 15 is 0 Å². The maximum atomic E-state index is 13.5. The highest BCUT2D eigenvalue weighted by Crippen LogP contribution is 2.21. The molecule has 0 amide bonds. The van der Waals surface area contributed by atoms with Gasteiger partial charge in [0.2, 0.25) is 0 Å². The third-order valence-electron chi connectivity index (χ3n) is 2.07. The van der Waals surface area contributed by atoms with Crippen LogP contribution >= 0.6 is 0 Å². The summed E-state index contributed by atoms with van der Waals surface area (Å²) < 4.78 is 18.5. The van der Waals surface area contributed by atoms with Gasteiger partial charge in [-0.15, -0.1) is 0 Å². The van der Waals surface area contributed by atoms with Crippen molar-refractivity contribution < 1.29 is 13.9 Å². The topological polar surface area (TPSA) is 26.3 Å². The van der Waals surface area contributed by atoms with Gasteiger partial charge in [0.25, 0.3) is 0 Å². The number of halogens is 1. The van der Waals surface area contributed by atoms with E-state index in [9.17, 15) is 9.18 Å². The quantitative estimate of drug-likeness (QED) is 0.690. The minimum atomic E-state index is -0.243. The van der Waals surface area contributed by atoms with Gasteiger partial charge in [-0.3, -0.25) is 0 Å². The first-order chi connectivity index (χ1) is 6.69. The molecule has 0 saturated heterocycles. The molecular formula is C11H13FO2. The fourth-order valence-corrected chi connectivity index (χ4v) is 1.32. The Morgan fingerprint density at radius 2 is 2.21 bits per heavy atom. The fourth-order valence-electron chi connectivity index (χ4n) is 1.32. The zero-order valence-corrected chi connectivity index (χ0v) is 8.34. The van der Waals surface area contributed by atoms with Crippen molar-refractivity contribution in [2.45, 2.75) is 19.8 Å². The predicted molar refractivity (Wildman–Crippen MR) is 52.1 cm³/mol. The third-order valence-corrected chi connectivity index (χ3v) is 2.07. The van der Waals surface area contributed by atoms with Crippen molar-refractivity contribution in [3.8, 4) is 5.75 Å². The lowest BCUT2D eigenvalue weighted by Gasteiger charge is -2.07. The van der Waals surface area contributed by atoms with Crippen LogP contribution in [0.2, 0.25) is 0 Å². The average molecular weight is 196 g/mol. The molecular weight excluding hydrogens is 183 g/mol. The van der Waals surface area contributed by atoms with Crippen LogP contribution in [0.15, 0.2) is 12.1 Å². The number of benzene rings is 1. The van der Waals surface area contributed by atoms with Crippen molar-refractivity contribution >= 4 is 6.29 Å². The van der Waals surface area contributed by atoms with E-state index in [2.05, 4.69) is 0 Å². The number of aryl methyl sites for hydroxylation is 2. The van der Waals surface area contributed by atoms with E-state index in [4.69, 9.17) is 4.74 Å². The predicted octanol–water partition coefficient (Wildman–Crippen LogP) is 2.27. The molecule has 0 aromatic heterocycles. The molecule has 0 aliphatic rings. The van der Waals surface area contributed by atoms with Gasteiger partial charge in [0, 0.05) is 6.42 Å². The fraction of sp³-hybridized carbons (Fsp3) is 0.364. The minimum Gasteiger partial charge on any atom is -0.497 e. The molecule has 0 bridgehead atoms. The van der Waals surface area contributed by atoms with Gasteiger partial charge >= 0.3 is 0 Å². The SMILES string of the molecule is COc1cc(C)c(F)c(CCC=O)c1. The van der Waals surface area contributed by atoms with Crippen molar-refractivity contribution in [1.82, 2.24) is 0 Å². The number of hydrogen-bond donors (Lipinski definition) is 0. The minimum absolute atomic E-state index is 0.243. The van der Waals surface area contributed by atoms with Gasteiger partial charge in [0.05, 0.1) is 7.11 Å². The van der Waals surface area contributed by atoms with Crippen LogP contribution in [0.25, 0.3) is 0 Å². The Bertz CT molecular complexity index is 334. The van der Waals surface area contributed by atoms with E-state index < -0.39 is 0 Å². The lowest BCUT2D eigenvalue weighted by atomic mass is 10.1. The number of ether oxygens (including phenoxy) is 1. The van der Waals surface area contributed by atoms with Crippen molar-refractivity contribution in [3.05, 3.63) is 29.1 Å². The maximum absolute atomic E-state index is 13.5. The standard InChI is InChI=1S/C11H13FO2/c1-8-6-10(14-2)7-9(11(8)12)4-3-5-13/h5-7H,3-4H2,1-2H3. The van der Waals surface area contributed by atoms with E-state index in [0.717, 1.165) is 6.29 Å². The number of carbonyl (C=O) groups is 1. The second kappa shape index (κ2) is 4.74. The second-order valence-corrected chi connectivity index (χ2v) is 3.12. The number of methoxy groups -OCH3 is 1. The van der Waals surface area contributed by atoms with Gasteiger partial charge in [0.1, 0.15) is 17.9 Å². The highest BCUT2D eigenvalue weighted by Gasteiger charge is 2.07. The smallest absolute Gasteiger partial charge is 0.129 e. The molecule has 0 heterocycles. The summed E-state index contributed by atoms with van der Waals surface area (Å²) in [5.41, 5.74) is 1.08. The summed E-state index contributed by atoms with van der Waals surface area (Å²) in [6, 6.07) is 3.27. The van der Waals surface area contributed by atoms with Crippen molar-refractivity contribution in [3.63, 3.8) is 0 Å². The lowest BCUT2D eigenvalue weighted by molar-refractivity contribution is -0.107. The first kappa shape index (κ1) is 10.7. The molecule has 1 rings (SSSR count). The Kier molecular flexibility index (Phi) is 3.63. The van der Waals surface area contributed by atoms with Gasteiger partial charge in [-0.2, -0.15) is 0 Å². The Morgan fingerprint density at radius 1 is 1.50 bits per heavy atom. The summed E-state index contributed by atoms with van der Waals surface area (Å²) in [6.07, 6.45) is 1.55. The van der Waals surface area contributed by atoms with Gasteiger partial charge < -0.3 is 9.53 Å². The van der Waals surface area contributed by atoms with Crippen LogP contribution in [0.5, 0.6) is 5.75 Å². The van der Waals surface area contributed by atoms with Crippen molar-refractivity contribution in [2.75, 3.05) is 7.11 Å². The largest absolute Gasteiger partial charge is 0.497 e. The average Bonchev–Trinajstić information content (AvgIpc) is 2.20. The Labute approximate surface area is 82.7 Å². The van der Waals surface area contributed by atoms with E-state index in [-0.39, 0.29) is 5.82 Å². The van der Waals surface area contributed by atoms with Crippen molar-refractivity contribution in [2.24, 2.45) is 0 Å². The Hall–Kier alpha value is -1.38. The zero-order chi connectivity index (χ0) is 10.6. The third kappa shape index (κ3) is 2.31. The molecule has 0 aliphatic heterocycles. The van der Waals surface area contributed by atoms with Crippen LogP contribution in [0.4, 0.5) is 4.39 Å². The molecule has 3 heteroatoms. The van der Waals surface area contributed by atoms with Gasteiger partial charge in [0.15, 0.2) is 0 Å². The summed E-state index contributed by atoms with van der Waals surface area (Å²) in [5.74, 6) is 0.387. The summed E-state index contributed by atoms with van der Waals surface area (Å²) >= 11 is 0. The summed E-state index contributed by atoms with van der Waals surface area (Å²) in [6.45, 7) is 1.68. The molecule has 0 unspecified atom stereocenters.